The number of hydrogen-bond donors (Lipinski definition) is 2. The Morgan fingerprint density at radius 2 is 2.00 bits per heavy atom. The molecule has 22 heavy (non-hydrogen) atoms. The lowest BCUT2D eigenvalue weighted by Crippen LogP contribution is -2.47. The first-order valence-electron chi connectivity index (χ1n) is 7.84. The lowest BCUT2D eigenvalue weighted by molar-refractivity contribution is -0.122. The highest BCUT2D eigenvalue weighted by atomic mass is 35.5. The van der Waals surface area contributed by atoms with Crippen LogP contribution in [0.25, 0.3) is 0 Å². The number of amides is 1. The molecule has 1 aromatic carbocycles. The molecular weight excluding hydrogens is 300 g/mol. The summed E-state index contributed by atoms with van der Waals surface area (Å²) in [5.74, 6) is 0.101. The zero-order valence-electron chi connectivity index (χ0n) is 13.2. The molecule has 1 aliphatic rings. The Morgan fingerprint density at radius 1 is 1.32 bits per heavy atom. The van der Waals surface area contributed by atoms with E-state index in [2.05, 4.69) is 10.6 Å². The average molecular weight is 325 g/mol. The van der Waals surface area contributed by atoms with E-state index in [1.165, 1.54) is 0 Å². The molecule has 0 aromatic heterocycles. The van der Waals surface area contributed by atoms with Gasteiger partial charge in [0.15, 0.2) is 0 Å². The molecule has 2 rings (SSSR count). The number of nitrogens with one attached hydrogen (secondary N) is 2. The second kappa shape index (κ2) is 8.51. The van der Waals surface area contributed by atoms with E-state index in [0.29, 0.717) is 19.6 Å². The van der Waals surface area contributed by atoms with E-state index >= 15 is 0 Å². The lowest BCUT2D eigenvalue weighted by atomic mass is 9.79. The molecule has 2 N–H and O–H groups in total. The topological polar surface area (TPSA) is 50.4 Å². The summed E-state index contributed by atoms with van der Waals surface area (Å²) >= 11 is 5.86. The van der Waals surface area contributed by atoms with Crippen molar-refractivity contribution < 1.29 is 9.53 Å². The number of benzene rings is 1. The van der Waals surface area contributed by atoms with Crippen LogP contribution in [0.15, 0.2) is 24.3 Å². The zero-order valence-corrected chi connectivity index (χ0v) is 13.9. The van der Waals surface area contributed by atoms with Crippen LogP contribution in [0.1, 0.15) is 24.8 Å². The van der Waals surface area contributed by atoms with E-state index in [4.69, 9.17) is 16.3 Å². The maximum atomic E-state index is 12.1. The Hall–Kier alpha value is -1.10. The predicted molar refractivity (Wildman–Crippen MR) is 89.2 cm³/mol. The molecule has 0 unspecified atom stereocenters. The summed E-state index contributed by atoms with van der Waals surface area (Å²) < 4.78 is 5.37. The van der Waals surface area contributed by atoms with Crippen LogP contribution in [-0.2, 0) is 16.0 Å². The number of halogens is 1. The van der Waals surface area contributed by atoms with Gasteiger partial charge >= 0.3 is 0 Å². The second-order valence-electron chi connectivity index (χ2n) is 6.09. The largest absolute Gasteiger partial charge is 0.384 e. The van der Waals surface area contributed by atoms with E-state index in [1.54, 1.807) is 7.11 Å². The summed E-state index contributed by atoms with van der Waals surface area (Å²) in [5, 5.41) is 7.17. The summed E-state index contributed by atoms with van der Waals surface area (Å²) in [4.78, 5) is 12.1. The van der Waals surface area contributed by atoms with Gasteiger partial charge in [-0.2, -0.15) is 0 Å². The van der Waals surface area contributed by atoms with Gasteiger partial charge in [-0.1, -0.05) is 23.7 Å². The lowest BCUT2D eigenvalue weighted by Gasteiger charge is -2.37. The molecule has 0 radical (unpaired) electrons. The molecule has 1 heterocycles. The standard InChI is InChI=1S/C17H25ClN2O2/c1-22-13-17(8-10-19-11-9-17)12-20-16(21)7-4-14-2-5-15(18)6-3-14/h2-3,5-6,19H,4,7-13H2,1H3,(H,20,21). The van der Waals surface area contributed by atoms with Gasteiger partial charge in [-0.25, -0.2) is 0 Å². The van der Waals surface area contributed by atoms with Crippen LogP contribution < -0.4 is 10.6 Å². The van der Waals surface area contributed by atoms with E-state index < -0.39 is 0 Å². The van der Waals surface area contributed by atoms with Crippen LogP contribution in [-0.4, -0.2) is 39.3 Å². The Balaban J connectivity index is 1.77. The predicted octanol–water partition coefficient (Wildman–Crippen LogP) is 2.41. The molecule has 0 atom stereocenters. The van der Waals surface area contributed by atoms with Crippen molar-refractivity contribution in [2.24, 2.45) is 5.41 Å². The fraction of sp³-hybridized carbons (Fsp3) is 0.588. The molecule has 1 amide bonds. The van der Waals surface area contributed by atoms with Gasteiger partial charge in [-0.3, -0.25) is 4.79 Å². The maximum Gasteiger partial charge on any atom is 0.220 e. The van der Waals surface area contributed by atoms with Gasteiger partial charge in [0, 0.05) is 30.5 Å². The fourth-order valence-electron chi connectivity index (χ4n) is 2.92. The van der Waals surface area contributed by atoms with Crippen molar-refractivity contribution >= 4 is 17.5 Å². The summed E-state index contributed by atoms with van der Waals surface area (Å²) in [6.07, 6.45) is 3.32. The van der Waals surface area contributed by atoms with Crippen molar-refractivity contribution in [2.45, 2.75) is 25.7 Å². The third-order valence-electron chi connectivity index (χ3n) is 4.33. The highest BCUT2D eigenvalue weighted by molar-refractivity contribution is 6.30. The summed E-state index contributed by atoms with van der Waals surface area (Å²) in [6.45, 7) is 3.38. The molecule has 5 heteroatoms. The number of methoxy groups -OCH3 is 1. The number of carbonyl (C=O) groups is 1. The van der Waals surface area contributed by atoms with Crippen molar-refractivity contribution in [1.82, 2.24) is 10.6 Å². The Kier molecular flexibility index (Phi) is 6.68. The number of carbonyl (C=O) groups excluding carboxylic acids is 1. The fourth-order valence-corrected chi connectivity index (χ4v) is 3.04. The van der Waals surface area contributed by atoms with Crippen LogP contribution in [0.2, 0.25) is 5.02 Å². The van der Waals surface area contributed by atoms with Crippen LogP contribution in [0, 0.1) is 5.41 Å². The van der Waals surface area contributed by atoms with Crippen LogP contribution >= 0.6 is 11.6 Å². The molecule has 1 aliphatic heterocycles. The third-order valence-corrected chi connectivity index (χ3v) is 4.58. The molecule has 4 nitrogen and oxygen atoms in total. The molecule has 122 valence electrons. The maximum absolute atomic E-state index is 12.1. The second-order valence-corrected chi connectivity index (χ2v) is 6.52. The molecule has 1 aromatic rings. The van der Waals surface area contributed by atoms with Crippen molar-refractivity contribution in [3.63, 3.8) is 0 Å². The summed E-state index contributed by atoms with van der Waals surface area (Å²) in [5.41, 5.74) is 1.21. The zero-order chi connectivity index (χ0) is 15.8. The van der Waals surface area contributed by atoms with Gasteiger partial charge in [-0.05, 0) is 50.0 Å². The van der Waals surface area contributed by atoms with Crippen molar-refractivity contribution in [3.8, 4) is 0 Å². The first-order valence-corrected chi connectivity index (χ1v) is 8.22. The van der Waals surface area contributed by atoms with Gasteiger partial charge < -0.3 is 15.4 Å². The van der Waals surface area contributed by atoms with E-state index in [-0.39, 0.29) is 11.3 Å². The minimum atomic E-state index is 0.0793. The molecule has 0 saturated carbocycles. The smallest absolute Gasteiger partial charge is 0.220 e. The quantitative estimate of drug-likeness (QED) is 0.810. The number of aryl methyl sites for hydroxylation is 1. The van der Waals surface area contributed by atoms with E-state index in [0.717, 1.165) is 42.9 Å². The number of piperidine rings is 1. The third kappa shape index (κ3) is 5.27. The Morgan fingerprint density at radius 3 is 2.64 bits per heavy atom. The van der Waals surface area contributed by atoms with Crippen LogP contribution in [0.4, 0.5) is 0 Å². The highest BCUT2D eigenvalue weighted by Crippen LogP contribution is 2.28. The molecule has 1 fully saturated rings. The molecular formula is C17H25ClN2O2. The van der Waals surface area contributed by atoms with Gasteiger partial charge in [-0.15, -0.1) is 0 Å². The van der Waals surface area contributed by atoms with Gasteiger partial charge in [0.1, 0.15) is 0 Å². The SMILES string of the molecule is COCC1(CNC(=O)CCc2ccc(Cl)cc2)CCNCC1. The van der Waals surface area contributed by atoms with Crippen molar-refractivity contribution in [1.29, 1.82) is 0 Å². The Labute approximate surface area is 137 Å². The van der Waals surface area contributed by atoms with E-state index in [1.807, 2.05) is 24.3 Å². The summed E-state index contributed by atoms with van der Waals surface area (Å²) in [7, 11) is 1.73. The van der Waals surface area contributed by atoms with Gasteiger partial charge in [0.2, 0.25) is 5.91 Å². The van der Waals surface area contributed by atoms with Crippen molar-refractivity contribution in [3.05, 3.63) is 34.9 Å². The number of ether oxygens (including phenoxy) is 1. The Bertz CT molecular complexity index is 465. The molecule has 0 aliphatic carbocycles. The van der Waals surface area contributed by atoms with Gasteiger partial charge in [0.25, 0.3) is 0 Å². The van der Waals surface area contributed by atoms with Crippen molar-refractivity contribution in [2.75, 3.05) is 33.4 Å². The normalized spacial score (nSPS) is 17.2. The van der Waals surface area contributed by atoms with E-state index in [9.17, 15) is 4.79 Å². The average Bonchev–Trinajstić information content (AvgIpc) is 2.54. The van der Waals surface area contributed by atoms with Gasteiger partial charge in [0.05, 0.1) is 6.61 Å². The minimum absolute atomic E-state index is 0.0793. The molecule has 0 bridgehead atoms. The first-order chi connectivity index (χ1) is 10.6. The van der Waals surface area contributed by atoms with Crippen LogP contribution in [0.5, 0.6) is 0 Å². The molecule has 1 saturated heterocycles. The van der Waals surface area contributed by atoms with Crippen LogP contribution in [0.3, 0.4) is 0 Å². The highest BCUT2D eigenvalue weighted by Gasteiger charge is 2.32. The summed E-state index contributed by atoms with van der Waals surface area (Å²) in [6, 6.07) is 7.65. The molecule has 0 spiro atoms. The minimum Gasteiger partial charge on any atom is -0.384 e. The first kappa shape index (κ1) is 17.3. The number of rotatable bonds is 7. The monoisotopic (exact) mass is 324 g/mol. The number of hydrogen-bond acceptors (Lipinski definition) is 3.